The maximum absolute atomic E-state index is 2.39. The van der Waals surface area contributed by atoms with Crippen LogP contribution < -0.4 is 0 Å². The topological polar surface area (TPSA) is 0 Å². The molecule has 1 fully saturated rings. The summed E-state index contributed by atoms with van der Waals surface area (Å²) in [5, 5.41) is 0. The van der Waals surface area contributed by atoms with Gasteiger partial charge in [-0.1, -0.05) is 76.3 Å². The molecule has 1 saturated carbocycles. The highest BCUT2D eigenvalue weighted by Crippen LogP contribution is 2.34. The number of hydrogen-bond acceptors (Lipinski definition) is 0. The average molecular weight is 230 g/mol. The molecule has 17 heavy (non-hydrogen) atoms. The van der Waals surface area contributed by atoms with Gasteiger partial charge >= 0.3 is 0 Å². The van der Waals surface area contributed by atoms with Crippen molar-refractivity contribution in [2.24, 2.45) is 5.92 Å². The van der Waals surface area contributed by atoms with E-state index in [1.807, 2.05) is 0 Å². The van der Waals surface area contributed by atoms with E-state index in [-0.39, 0.29) is 0 Å². The SMILES string of the molecule is CC(C)(CCC1CCCCC1)c1ccccc1. The maximum atomic E-state index is 2.39. The highest BCUT2D eigenvalue weighted by molar-refractivity contribution is 5.23. The number of benzene rings is 1. The first-order valence-corrected chi connectivity index (χ1v) is 7.24. The molecule has 0 saturated heterocycles. The molecule has 0 aromatic heterocycles. The van der Waals surface area contributed by atoms with Crippen LogP contribution in [0.3, 0.4) is 0 Å². The van der Waals surface area contributed by atoms with Crippen LogP contribution in [0.15, 0.2) is 30.3 Å². The highest BCUT2D eigenvalue weighted by atomic mass is 14.3. The highest BCUT2D eigenvalue weighted by Gasteiger charge is 2.22. The zero-order valence-electron chi connectivity index (χ0n) is 11.4. The van der Waals surface area contributed by atoms with Gasteiger partial charge in [0.1, 0.15) is 0 Å². The van der Waals surface area contributed by atoms with Crippen LogP contribution >= 0.6 is 0 Å². The lowest BCUT2D eigenvalue weighted by Gasteiger charge is -2.29. The molecule has 2 rings (SSSR count). The van der Waals surface area contributed by atoms with Gasteiger partial charge in [-0.05, 0) is 29.7 Å². The van der Waals surface area contributed by atoms with Gasteiger partial charge in [-0.15, -0.1) is 0 Å². The zero-order valence-corrected chi connectivity index (χ0v) is 11.4. The van der Waals surface area contributed by atoms with Crippen LogP contribution in [0, 0.1) is 5.92 Å². The van der Waals surface area contributed by atoms with Crippen LogP contribution in [0.25, 0.3) is 0 Å². The van der Waals surface area contributed by atoms with E-state index < -0.39 is 0 Å². The summed E-state index contributed by atoms with van der Waals surface area (Å²) in [6, 6.07) is 11.0. The molecule has 0 N–H and O–H groups in total. The smallest absolute Gasteiger partial charge is 0.0103 e. The van der Waals surface area contributed by atoms with Gasteiger partial charge in [0.05, 0.1) is 0 Å². The van der Waals surface area contributed by atoms with Crippen LogP contribution in [0.5, 0.6) is 0 Å². The van der Waals surface area contributed by atoms with Crippen molar-refractivity contribution < 1.29 is 0 Å². The van der Waals surface area contributed by atoms with Crippen molar-refractivity contribution in [2.45, 2.75) is 64.2 Å². The van der Waals surface area contributed by atoms with E-state index in [2.05, 4.69) is 44.2 Å². The summed E-state index contributed by atoms with van der Waals surface area (Å²) in [4.78, 5) is 0. The van der Waals surface area contributed by atoms with E-state index >= 15 is 0 Å². The van der Waals surface area contributed by atoms with E-state index in [1.54, 1.807) is 0 Å². The zero-order chi connectivity index (χ0) is 12.1. The predicted molar refractivity (Wildman–Crippen MR) is 75.3 cm³/mol. The van der Waals surface area contributed by atoms with Crippen molar-refractivity contribution in [2.75, 3.05) is 0 Å². The van der Waals surface area contributed by atoms with Gasteiger partial charge in [-0.3, -0.25) is 0 Å². The van der Waals surface area contributed by atoms with E-state index in [4.69, 9.17) is 0 Å². The molecule has 0 bridgehead atoms. The van der Waals surface area contributed by atoms with E-state index in [0.717, 1.165) is 5.92 Å². The Morgan fingerprint density at radius 2 is 1.65 bits per heavy atom. The summed E-state index contributed by atoms with van der Waals surface area (Å²) in [6.45, 7) is 4.79. The van der Waals surface area contributed by atoms with Gasteiger partial charge in [-0.2, -0.15) is 0 Å². The largest absolute Gasteiger partial charge is 0.0622 e. The second-order valence-corrected chi connectivity index (χ2v) is 6.29. The molecule has 0 atom stereocenters. The Labute approximate surface area is 106 Å². The first kappa shape index (κ1) is 12.7. The molecule has 0 heterocycles. The van der Waals surface area contributed by atoms with Crippen LogP contribution in [-0.2, 0) is 5.41 Å². The van der Waals surface area contributed by atoms with Crippen molar-refractivity contribution in [3.8, 4) is 0 Å². The third-order valence-electron chi connectivity index (χ3n) is 4.46. The maximum Gasteiger partial charge on any atom is -0.0103 e. The van der Waals surface area contributed by atoms with Crippen molar-refractivity contribution in [1.82, 2.24) is 0 Å². The van der Waals surface area contributed by atoms with Crippen molar-refractivity contribution in [1.29, 1.82) is 0 Å². The number of hydrogen-bond donors (Lipinski definition) is 0. The Morgan fingerprint density at radius 3 is 2.29 bits per heavy atom. The normalized spacial score (nSPS) is 18.2. The Kier molecular flexibility index (Phi) is 4.25. The summed E-state index contributed by atoms with van der Waals surface area (Å²) in [5.41, 5.74) is 1.84. The van der Waals surface area contributed by atoms with Gasteiger partial charge in [0.25, 0.3) is 0 Å². The summed E-state index contributed by atoms with van der Waals surface area (Å²) in [6.07, 6.45) is 10.1. The Bertz CT molecular complexity index is 317. The molecule has 1 aliphatic carbocycles. The minimum Gasteiger partial charge on any atom is -0.0622 e. The summed E-state index contributed by atoms with van der Waals surface area (Å²) >= 11 is 0. The fourth-order valence-electron chi connectivity index (χ4n) is 3.07. The van der Waals surface area contributed by atoms with Crippen LogP contribution in [0.2, 0.25) is 0 Å². The second kappa shape index (κ2) is 5.71. The molecule has 0 unspecified atom stereocenters. The van der Waals surface area contributed by atoms with E-state index in [0.29, 0.717) is 5.41 Å². The first-order valence-electron chi connectivity index (χ1n) is 7.24. The lowest BCUT2D eigenvalue weighted by molar-refractivity contribution is 0.303. The van der Waals surface area contributed by atoms with Crippen molar-refractivity contribution >= 4 is 0 Å². The molecule has 0 nitrogen and oxygen atoms in total. The van der Waals surface area contributed by atoms with E-state index in [9.17, 15) is 0 Å². The average Bonchev–Trinajstić information content (AvgIpc) is 2.39. The lowest BCUT2D eigenvalue weighted by Crippen LogP contribution is -2.19. The van der Waals surface area contributed by atoms with Gasteiger partial charge in [0.2, 0.25) is 0 Å². The molecule has 0 aliphatic heterocycles. The molecule has 0 heteroatoms. The standard InChI is InChI=1S/C17H26/c1-17(2,16-11-7-4-8-12-16)14-13-15-9-5-3-6-10-15/h4,7-8,11-12,15H,3,5-6,9-10,13-14H2,1-2H3. The first-order chi connectivity index (χ1) is 8.18. The fraction of sp³-hybridized carbons (Fsp3) is 0.647. The monoisotopic (exact) mass is 230 g/mol. The minimum absolute atomic E-state index is 0.346. The molecular formula is C17H26. The van der Waals surface area contributed by atoms with E-state index in [1.165, 1.54) is 50.5 Å². The predicted octanol–water partition coefficient (Wildman–Crippen LogP) is 5.32. The minimum atomic E-state index is 0.346. The third kappa shape index (κ3) is 3.59. The van der Waals surface area contributed by atoms with Gasteiger partial charge in [0, 0.05) is 0 Å². The molecule has 1 aromatic carbocycles. The Hall–Kier alpha value is -0.780. The molecule has 1 aromatic rings. The van der Waals surface area contributed by atoms with Crippen LogP contribution in [0.4, 0.5) is 0 Å². The van der Waals surface area contributed by atoms with Crippen molar-refractivity contribution in [3.63, 3.8) is 0 Å². The van der Waals surface area contributed by atoms with Gasteiger partial charge < -0.3 is 0 Å². The summed E-state index contributed by atoms with van der Waals surface area (Å²) in [5.74, 6) is 1.01. The Morgan fingerprint density at radius 1 is 1.00 bits per heavy atom. The number of rotatable bonds is 4. The molecule has 0 amide bonds. The lowest BCUT2D eigenvalue weighted by atomic mass is 9.76. The second-order valence-electron chi connectivity index (χ2n) is 6.29. The Balaban J connectivity index is 1.88. The van der Waals surface area contributed by atoms with Crippen molar-refractivity contribution in [3.05, 3.63) is 35.9 Å². The summed E-state index contributed by atoms with van der Waals surface area (Å²) in [7, 11) is 0. The van der Waals surface area contributed by atoms with Crippen LogP contribution in [0.1, 0.15) is 64.4 Å². The fourth-order valence-corrected chi connectivity index (χ4v) is 3.07. The third-order valence-corrected chi connectivity index (χ3v) is 4.46. The molecule has 1 aliphatic rings. The van der Waals surface area contributed by atoms with Crippen LogP contribution in [-0.4, -0.2) is 0 Å². The van der Waals surface area contributed by atoms with Gasteiger partial charge in [-0.25, -0.2) is 0 Å². The molecule has 0 spiro atoms. The molecule has 94 valence electrons. The van der Waals surface area contributed by atoms with Gasteiger partial charge in [0.15, 0.2) is 0 Å². The summed E-state index contributed by atoms with van der Waals surface area (Å²) < 4.78 is 0. The molecular weight excluding hydrogens is 204 g/mol. The molecule has 0 radical (unpaired) electrons. The quantitative estimate of drug-likeness (QED) is 0.656.